The molecule has 1 saturated carbocycles. The van der Waals surface area contributed by atoms with E-state index in [1.807, 2.05) is 17.6 Å². The van der Waals surface area contributed by atoms with Crippen LogP contribution >= 0.6 is 11.8 Å². The maximum absolute atomic E-state index is 12.2. The molecule has 0 aromatic carbocycles. The first kappa shape index (κ1) is 17.1. The van der Waals surface area contributed by atoms with Crippen LogP contribution in [0.4, 0.5) is 0 Å². The van der Waals surface area contributed by atoms with Crippen molar-refractivity contribution in [1.82, 2.24) is 20.1 Å². The molecule has 2 heterocycles. The summed E-state index contributed by atoms with van der Waals surface area (Å²) in [5, 5.41) is 12.4. The Kier molecular flexibility index (Phi) is 5.60. The molecule has 0 radical (unpaired) electrons. The lowest BCUT2D eigenvalue weighted by Gasteiger charge is -2.22. The van der Waals surface area contributed by atoms with E-state index in [0.29, 0.717) is 11.8 Å². The van der Waals surface area contributed by atoms with Crippen LogP contribution in [0.3, 0.4) is 0 Å². The minimum atomic E-state index is 0.0820. The summed E-state index contributed by atoms with van der Waals surface area (Å²) in [6, 6.07) is 2.25. The number of hydrogen-bond acceptors (Lipinski definition) is 5. The molecule has 1 aliphatic carbocycles. The van der Waals surface area contributed by atoms with Gasteiger partial charge in [-0.1, -0.05) is 31.0 Å². The second-order valence-corrected chi connectivity index (χ2v) is 7.07. The van der Waals surface area contributed by atoms with Gasteiger partial charge in [0.1, 0.15) is 5.76 Å². The molecular formula is C17H24N4O2S. The predicted octanol–water partition coefficient (Wildman–Crippen LogP) is 3.41. The second-order valence-electron chi connectivity index (χ2n) is 6.13. The topological polar surface area (TPSA) is 73.0 Å². The van der Waals surface area contributed by atoms with Gasteiger partial charge < -0.3 is 14.3 Å². The zero-order valence-corrected chi connectivity index (χ0v) is 15.1. The van der Waals surface area contributed by atoms with Crippen LogP contribution in [0.2, 0.25) is 0 Å². The van der Waals surface area contributed by atoms with Crippen molar-refractivity contribution in [2.45, 2.75) is 63.7 Å². The van der Waals surface area contributed by atoms with Gasteiger partial charge in [-0.15, -0.1) is 10.2 Å². The summed E-state index contributed by atoms with van der Waals surface area (Å²) in [4.78, 5) is 12.2. The second kappa shape index (κ2) is 7.88. The van der Waals surface area contributed by atoms with Crippen molar-refractivity contribution in [3.05, 3.63) is 18.1 Å². The van der Waals surface area contributed by atoms with Gasteiger partial charge in [0.2, 0.25) is 5.91 Å². The Morgan fingerprint density at radius 2 is 2.17 bits per heavy atom. The maximum atomic E-state index is 12.2. The van der Waals surface area contributed by atoms with Crippen LogP contribution in [0.1, 0.15) is 44.8 Å². The first-order valence-electron chi connectivity index (χ1n) is 8.59. The number of furan rings is 1. The lowest BCUT2D eigenvalue weighted by Crippen LogP contribution is -2.37. The maximum Gasteiger partial charge on any atom is 0.230 e. The van der Waals surface area contributed by atoms with E-state index in [1.54, 1.807) is 6.26 Å². The van der Waals surface area contributed by atoms with E-state index in [1.165, 1.54) is 31.0 Å². The SMILES string of the molecule is CCn1c(SCC(=O)NC2CCCCC2)nnc1-c1ccoc1C. The van der Waals surface area contributed by atoms with Crippen molar-refractivity contribution in [3.63, 3.8) is 0 Å². The number of thioether (sulfide) groups is 1. The fourth-order valence-electron chi connectivity index (χ4n) is 3.14. The minimum absolute atomic E-state index is 0.0820. The molecule has 130 valence electrons. The zero-order valence-electron chi connectivity index (χ0n) is 14.2. The Balaban J connectivity index is 1.62. The van der Waals surface area contributed by atoms with Crippen LogP contribution in [-0.4, -0.2) is 32.5 Å². The summed E-state index contributed by atoms with van der Waals surface area (Å²) in [6.07, 6.45) is 7.59. The first-order valence-corrected chi connectivity index (χ1v) is 9.57. The van der Waals surface area contributed by atoms with Crippen molar-refractivity contribution in [2.24, 2.45) is 0 Å². The average Bonchev–Trinajstić information content (AvgIpc) is 3.19. The van der Waals surface area contributed by atoms with Gasteiger partial charge in [-0.2, -0.15) is 0 Å². The van der Waals surface area contributed by atoms with Gasteiger partial charge in [0.05, 0.1) is 17.6 Å². The van der Waals surface area contributed by atoms with E-state index >= 15 is 0 Å². The Hall–Kier alpha value is -1.76. The number of amides is 1. The fraction of sp³-hybridized carbons (Fsp3) is 0.588. The Bertz CT molecular complexity index is 689. The number of rotatable bonds is 6. The van der Waals surface area contributed by atoms with Crippen molar-refractivity contribution < 1.29 is 9.21 Å². The molecule has 3 rings (SSSR count). The van der Waals surface area contributed by atoms with Gasteiger partial charge in [-0.3, -0.25) is 4.79 Å². The Morgan fingerprint density at radius 1 is 1.38 bits per heavy atom. The molecule has 24 heavy (non-hydrogen) atoms. The number of carbonyl (C=O) groups is 1. The van der Waals surface area contributed by atoms with Crippen molar-refractivity contribution in [3.8, 4) is 11.4 Å². The van der Waals surface area contributed by atoms with Crippen LogP contribution in [0.15, 0.2) is 21.9 Å². The van der Waals surface area contributed by atoms with E-state index in [2.05, 4.69) is 22.4 Å². The molecule has 0 unspecified atom stereocenters. The highest BCUT2D eigenvalue weighted by Crippen LogP contribution is 2.27. The summed E-state index contributed by atoms with van der Waals surface area (Å²) in [5.74, 6) is 2.07. The molecule has 0 aliphatic heterocycles. The molecule has 0 saturated heterocycles. The number of aromatic nitrogens is 3. The minimum Gasteiger partial charge on any atom is -0.469 e. The summed E-state index contributed by atoms with van der Waals surface area (Å²) in [5.41, 5.74) is 0.947. The van der Waals surface area contributed by atoms with E-state index < -0.39 is 0 Å². The number of nitrogens with zero attached hydrogens (tertiary/aromatic N) is 3. The van der Waals surface area contributed by atoms with Crippen LogP contribution in [0.5, 0.6) is 0 Å². The van der Waals surface area contributed by atoms with Gasteiger partial charge in [-0.05, 0) is 32.8 Å². The standard InChI is InChI=1S/C17H24N4O2S/c1-3-21-16(14-9-10-23-12(14)2)19-20-17(21)24-11-15(22)18-13-7-5-4-6-8-13/h9-10,13H,3-8,11H2,1-2H3,(H,18,22). The molecule has 2 aromatic rings. The highest BCUT2D eigenvalue weighted by atomic mass is 32.2. The average molecular weight is 348 g/mol. The summed E-state index contributed by atoms with van der Waals surface area (Å²) in [7, 11) is 0. The molecule has 1 N–H and O–H groups in total. The molecular weight excluding hydrogens is 324 g/mol. The van der Waals surface area contributed by atoms with Crippen LogP contribution in [0, 0.1) is 6.92 Å². The summed E-state index contributed by atoms with van der Waals surface area (Å²) >= 11 is 1.44. The molecule has 2 aromatic heterocycles. The summed E-state index contributed by atoms with van der Waals surface area (Å²) < 4.78 is 7.38. The van der Waals surface area contributed by atoms with Gasteiger partial charge >= 0.3 is 0 Å². The third kappa shape index (κ3) is 3.83. The molecule has 1 aliphatic rings. The van der Waals surface area contributed by atoms with E-state index in [-0.39, 0.29) is 5.91 Å². The molecule has 1 fully saturated rings. The Morgan fingerprint density at radius 3 is 2.83 bits per heavy atom. The van der Waals surface area contributed by atoms with Crippen molar-refractivity contribution >= 4 is 17.7 Å². The number of nitrogens with one attached hydrogen (secondary N) is 1. The molecule has 7 heteroatoms. The van der Waals surface area contributed by atoms with E-state index in [4.69, 9.17) is 4.42 Å². The van der Waals surface area contributed by atoms with Crippen LogP contribution in [0.25, 0.3) is 11.4 Å². The number of hydrogen-bond donors (Lipinski definition) is 1. The highest BCUT2D eigenvalue weighted by molar-refractivity contribution is 7.99. The lowest BCUT2D eigenvalue weighted by molar-refractivity contribution is -0.119. The molecule has 6 nitrogen and oxygen atoms in total. The number of aryl methyl sites for hydroxylation is 1. The Labute approximate surface area is 146 Å². The van der Waals surface area contributed by atoms with Crippen molar-refractivity contribution in [1.29, 1.82) is 0 Å². The third-order valence-corrected chi connectivity index (χ3v) is 5.40. The van der Waals surface area contributed by atoms with E-state index in [0.717, 1.165) is 41.7 Å². The van der Waals surface area contributed by atoms with Gasteiger partial charge in [0.25, 0.3) is 0 Å². The van der Waals surface area contributed by atoms with Crippen LogP contribution in [-0.2, 0) is 11.3 Å². The normalized spacial score (nSPS) is 15.6. The number of carbonyl (C=O) groups excluding carboxylic acids is 1. The zero-order chi connectivity index (χ0) is 16.9. The highest BCUT2D eigenvalue weighted by Gasteiger charge is 2.19. The lowest BCUT2D eigenvalue weighted by atomic mass is 9.95. The quantitative estimate of drug-likeness (QED) is 0.810. The van der Waals surface area contributed by atoms with Crippen molar-refractivity contribution in [2.75, 3.05) is 5.75 Å². The van der Waals surface area contributed by atoms with Gasteiger partial charge in [0, 0.05) is 12.6 Å². The molecule has 0 spiro atoms. The van der Waals surface area contributed by atoms with E-state index in [9.17, 15) is 4.79 Å². The first-order chi connectivity index (χ1) is 11.7. The third-order valence-electron chi connectivity index (χ3n) is 4.44. The smallest absolute Gasteiger partial charge is 0.230 e. The largest absolute Gasteiger partial charge is 0.469 e. The van der Waals surface area contributed by atoms with Gasteiger partial charge in [0.15, 0.2) is 11.0 Å². The molecule has 0 atom stereocenters. The summed E-state index contributed by atoms with van der Waals surface area (Å²) in [6.45, 7) is 4.71. The monoisotopic (exact) mass is 348 g/mol. The van der Waals surface area contributed by atoms with Gasteiger partial charge in [-0.25, -0.2) is 0 Å². The molecule has 1 amide bonds. The fourth-order valence-corrected chi connectivity index (χ4v) is 3.96. The van der Waals surface area contributed by atoms with Crippen LogP contribution < -0.4 is 5.32 Å². The molecule has 0 bridgehead atoms. The predicted molar refractivity (Wildman–Crippen MR) is 93.9 cm³/mol.